The maximum Gasteiger partial charge on any atom is 0.276 e. The van der Waals surface area contributed by atoms with Gasteiger partial charge in [0.1, 0.15) is 63.4 Å². The third-order valence-corrected chi connectivity index (χ3v) is 24.6. The van der Waals surface area contributed by atoms with E-state index in [4.69, 9.17) is 0 Å². The van der Waals surface area contributed by atoms with Crippen molar-refractivity contribution >= 4 is 29.1 Å². The molecule has 25 nitrogen and oxygen atoms in total. The summed E-state index contributed by atoms with van der Waals surface area (Å²) in [7, 11) is 5.35. The number of benzene rings is 8. The smallest absolute Gasteiger partial charge is 0.276 e. The molecule has 3 aliphatic heterocycles. The van der Waals surface area contributed by atoms with Gasteiger partial charge in [-0.05, 0) is 217 Å². The molecule has 15 rings (SSSR count). The number of carbonyl (C=O) groups is 3. The topological polar surface area (TPSA) is 251 Å². The maximum atomic E-state index is 14.3. The van der Waals surface area contributed by atoms with Crippen LogP contribution < -0.4 is 16.7 Å². The molecule has 128 heavy (non-hydrogen) atoms. The Hall–Kier alpha value is -13.5. The molecule has 0 spiro atoms. The fourth-order valence-corrected chi connectivity index (χ4v) is 17.0. The van der Waals surface area contributed by atoms with Crippen LogP contribution in [0, 0.1) is 87.5 Å². The molecule has 0 unspecified atom stereocenters. The number of amides is 3. The summed E-state index contributed by atoms with van der Waals surface area (Å²) in [5, 5.41) is 22.2. The summed E-state index contributed by atoms with van der Waals surface area (Å²) in [5.41, 5.74) is 7.29. The van der Waals surface area contributed by atoms with E-state index < -0.39 is 67.7 Å². The summed E-state index contributed by atoms with van der Waals surface area (Å²) >= 11 is 0. The normalized spacial score (nSPS) is 14.0. The lowest BCUT2D eigenvalue weighted by molar-refractivity contribution is -0.385. The van der Waals surface area contributed by atoms with Gasteiger partial charge in [-0.25, -0.2) is 49.2 Å². The number of halogens is 8. The highest BCUT2D eigenvalue weighted by molar-refractivity contribution is 5.95. The molecule has 3 fully saturated rings. The van der Waals surface area contributed by atoms with E-state index in [1.54, 1.807) is 118 Å². The zero-order valence-electron chi connectivity index (χ0n) is 71.5. The molecule has 7 heterocycles. The molecule has 0 radical (unpaired) electrons. The second-order valence-corrected chi connectivity index (χ2v) is 32.2. The molecule has 0 aliphatic carbocycles. The molecule has 0 saturated carbocycles. The van der Waals surface area contributed by atoms with Gasteiger partial charge in [-0.3, -0.25) is 82.7 Å². The van der Waals surface area contributed by atoms with Gasteiger partial charge in [-0.2, -0.15) is 0 Å². The van der Waals surface area contributed by atoms with Crippen LogP contribution in [0.5, 0.6) is 0 Å². The fourth-order valence-electron chi connectivity index (χ4n) is 17.0. The average Bonchev–Trinajstić information content (AvgIpc) is 1.46. The third kappa shape index (κ3) is 21.4. The van der Waals surface area contributed by atoms with E-state index in [9.17, 15) is 84.1 Å². The molecule has 8 aromatic carbocycles. The van der Waals surface area contributed by atoms with E-state index in [1.165, 1.54) is 116 Å². The predicted molar refractivity (Wildman–Crippen MR) is 466 cm³/mol. The molecule has 0 N–H and O–H groups in total. The van der Waals surface area contributed by atoms with Crippen LogP contribution in [0.2, 0.25) is 0 Å². The number of pyridine rings is 1. The standard InChI is InChI=1S/C32H32F4N4O2.C32H32F3N5O4.C31H33FN6O4/c1-21-27(31(41)40(37(21)2)26-12-10-24(34)11-13-26)20-39(17-14-22-6-8-23(33)9-7-22)25-15-18-38(19-16-25)32(42)30-28(35)4-3-5-29(30)36;1-21-27(31(41)39(36(21)2)25-12-8-23(33)9-13-25)20-38(17-14-22-6-10-26(11-7-22)40(43)44)24-15-18-37(19-16-24)32(42)30-28(34)4-3-5-29(30)35;1-22-28(30(39)37(34(22)2)26-12-8-24(32)9-13-26)21-36(18-14-23-6-10-27(11-7-23)38(41)42)25-15-19-35(20-16-25)31(40)29-5-3-4-17-33-29/h3-13,25H,14-20H2,1-2H3;3-13,24H,14-20H2,1-2H3;3-13,17,25H,14-16,18-21H2,1-2H3. The van der Waals surface area contributed by atoms with Crippen molar-refractivity contribution in [2.24, 2.45) is 21.1 Å². The Kier molecular flexibility index (Phi) is 29.7. The van der Waals surface area contributed by atoms with Crippen LogP contribution in [-0.2, 0) is 60.0 Å². The van der Waals surface area contributed by atoms with Crippen molar-refractivity contribution in [3.05, 3.63) is 371 Å². The molecular weight excluding hydrogens is 1660 g/mol. The largest absolute Gasteiger partial charge is 0.338 e. The van der Waals surface area contributed by atoms with Gasteiger partial charge in [0.15, 0.2) is 0 Å². The zero-order valence-corrected chi connectivity index (χ0v) is 71.5. The first-order valence-corrected chi connectivity index (χ1v) is 42.1. The van der Waals surface area contributed by atoms with Crippen LogP contribution in [-0.4, -0.2) is 167 Å². The minimum Gasteiger partial charge on any atom is -0.338 e. The zero-order chi connectivity index (χ0) is 91.3. The van der Waals surface area contributed by atoms with E-state index in [2.05, 4.69) is 19.7 Å². The van der Waals surface area contributed by atoms with Crippen LogP contribution in [0.1, 0.15) is 120 Å². The number of nitro groups is 2. The van der Waals surface area contributed by atoms with E-state index in [1.807, 2.05) is 32.7 Å². The van der Waals surface area contributed by atoms with Crippen molar-refractivity contribution < 1.29 is 59.4 Å². The number of carbonyl (C=O) groups excluding carboxylic acids is 3. The molecule has 668 valence electrons. The lowest BCUT2D eigenvalue weighted by Crippen LogP contribution is -2.47. The van der Waals surface area contributed by atoms with E-state index in [0.717, 1.165) is 70.9 Å². The number of rotatable bonds is 26. The highest BCUT2D eigenvalue weighted by Crippen LogP contribution is 2.30. The van der Waals surface area contributed by atoms with Gasteiger partial charge in [-0.1, -0.05) is 54.6 Å². The number of aromatic nitrogens is 7. The highest BCUT2D eigenvalue weighted by Gasteiger charge is 2.36. The van der Waals surface area contributed by atoms with E-state index in [0.29, 0.717) is 150 Å². The van der Waals surface area contributed by atoms with Gasteiger partial charge in [0.25, 0.3) is 45.8 Å². The number of piperidine rings is 3. The minimum atomic E-state index is -0.904. The maximum absolute atomic E-state index is 14.3. The molecular formula is C95H97F8N15O10. The molecule has 12 aromatic rings. The molecule has 33 heteroatoms. The first kappa shape index (κ1) is 92.1. The third-order valence-electron chi connectivity index (χ3n) is 24.6. The van der Waals surface area contributed by atoms with Gasteiger partial charge < -0.3 is 14.7 Å². The summed E-state index contributed by atoms with van der Waals surface area (Å²) < 4.78 is 121. The fraction of sp³-hybridized carbons (Fsp3) is 0.316. The minimum absolute atomic E-state index is 0.00445. The Morgan fingerprint density at radius 2 is 0.633 bits per heavy atom. The molecule has 0 bridgehead atoms. The van der Waals surface area contributed by atoms with Crippen molar-refractivity contribution in [3.63, 3.8) is 0 Å². The van der Waals surface area contributed by atoms with Crippen LogP contribution in [0.4, 0.5) is 46.5 Å². The van der Waals surface area contributed by atoms with Gasteiger partial charge in [0.2, 0.25) is 0 Å². The molecule has 3 amide bonds. The Bertz CT molecular complexity index is 6100. The Morgan fingerprint density at radius 3 is 0.898 bits per heavy atom. The summed E-state index contributed by atoms with van der Waals surface area (Å²) in [6, 6.07) is 48.4. The van der Waals surface area contributed by atoms with Crippen molar-refractivity contribution in [2.45, 2.75) is 116 Å². The lowest BCUT2D eigenvalue weighted by atomic mass is 10.00. The molecule has 3 saturated heterocycles. The van der Waals surface area contributed by atoms with Gasteiger partial charge in [-0.15, -0.1) is 0 Å². The summed E-state index contributed by atoms with van der Waals surface area (Å²) in [6.45, 7) is 10.6. The highest BCUT2D eigenvalue weighted by atomic mass is 19.2. The van der Waals surface area contributed by atoms with Crippen molar-refractivity contribution in [3.8, 4) is 17.1 Å². The van der Waals surface area contributed by atoms with Crippen molar-refractivity contribution in [1.29, 1.82) is 0 Å². The van der Waals surface area contributed by atoms with Crippen LogP contribution in [0.3, 0.4) is 0 Å². The number of likely N-dealkylation sites (tertiary alicyclic amines) is 3. The summed E-state index contributed by atoms with van der Waals surface area (Å²) in [4.78, 5) is 117. The number of nitro benzene ring substituents is 2. The lowest BCUT2D eigenvalue weighted by Gasteiger charge is -2.38. The van der Waals surface area contributed by atoms with Gasteiger partial charge in [0.05, 0.1) is 43.6 Å². The monoisotopic (exact) mass is 1760 g/mol. The van der Waals surface area contributed by atoms with Crippen molar-refractivity contribution in [2.75, 3.05) is 58.9 Å². The molecule has 0 atom stereocenters. The summed E-state index contributed by atoms with van der Waals surface area (Å²) in [6.07, 6.45) is 7.00. The van der Waals surface area contributed by atoms with Crippen LogP contribution >= 0.6 is 0 Å². The number of nitrogens with zero attached hydrogens (tertiary/aromatic N) is 15. The molecule has 3 aliphatic rings. The Labute approximate surface area is 732 Å². The quantitative estimate of drug-likeness (QED) is 0.0278. The van der Waals surface area contributed by atoms with E-state index >= 15 is 0 Å². The van der Waals surface area contributed by atoms with Gasteiger partial charge >= 0.3 is 0 Å². The second-order valence-electron chi connectivity index (χ2n) is 32.2. The van der Waals surface area contributed by atoms with Gasteiger partial charge in [0, 0.05) is 165 Å². The average molecular weight is 1760 g/mol. The molecule has 4 aromatic heterocycles. The van der Waals surface area contributed by atoms with Crippen molar-refractivity contribution in [1.82, 2.24) is 62.5 Å². The second kappa shape index (κ2) is 41.3. The Balaban J connectivity index is 0.000000164. The Morgan fingerprint density at radius 1 is 0.367 bits per heavy atom. The number of hydrogen-bond acceptors (Lipinski definition) is 14. The number of hydrogen-bond donors (Lipinski definition) is 0. The first-order chi connectivity index (χ1) is 61.4. The summed E-state index contributed by atoms with van der Waals surface area (Å²) in [5.74, 6) is -6.55. The van der Waals surface area contributed by atoms with Crippen LogP contribution in [0.15, 0.2) is 221 Å². The SMILES string of the molecule is Cc1c(CN(CCc2ccc(F)cc2)C2CCN(C(=O)c3c(F)cccc3F)CC2)c(=O)n(-c2ccc(F)cc2)n1C.Cc1c(CN(CCc2ccc([N+](=O)[O-])cc2)C2CCN(C(=O)c3c(F)cccc3F)CC2)c(=O)n(-c2ccc(F)cc2)n1C.Cc1c(CN(CCc2ccc([N+](=O)[O-])cc2)C2CCN(C(=O)c3ccccn3)CC2)c(=O)n(-c2ccc(F)cc2)n1C. The van der Waals surface area contributed by atoms with Crippen LogP contribution in [0.25, 0.3) is 17.1 Å². The number of non-ortho nitro benzene ring substituents is 2. The predicted octanol–water partition coefficient (Wildman–Crippen LogP) is 14.8. The first-order valence-electron chi connectivity index (χ1n) is 42.1. The van der Waals surface area contributed by atoms with E-state index in [-0.39, 0.29) is 76.8 Å².